The van der Waals surface area contributed by atoms with Crippen molar-refractivity contribution in [1.82, 2.24) is 0 Å². The summed E-state index contributed by atoms with van der Waals surface area (Å²) >= 11 is 3.46. The largest absolute Gasteiger partial charge is 0.458 e. The molecule has 0 aromatic heterocycles. The molecule has 2 aromatic rings. The number of carbonyl (C=O) groups excluding carboxylic acids is 2. The maximum atomic E-state index is 12.1. The van der Waals surface area contributed by atoms with Gasteiger partial charge in [-0.15, -0.1) is 0 Å². The Morgan fingerprint density at radius 2 is 1.08 bits per heavy atom. The van der Waals surface area contributed by atoms with Crippen molar-refractivity contribution in [1.29, 1.82) is 0 Å². The zero-order chi connectivity index (χ0) is 17.5. The maximum absolute atomic E-state index is 12.1. The van der Waals surface area contributed by atoms with E-state index in [2.05, 4.69) is 15.9 Å². The van der Waals surface area contributed by atoms with Crippen molar-refractivity contribution in [2.45, 2.75) is 30.9 Å². The average Bonchev–Trinajstić information content (AvgIpc) is 2.62. The second-order valence-electron chi connectivity index (χ2n) is 5.40. The standard InChI is InChI=1S/C19H19BrO4/c1-13(23-18(21)15-9-5-3-6-10-15)17(20)14(2)24-19(22)16-11-7-4-8-12-16/h3-14,17H,1-2H3/t13-,14+,17?. The first-order valence-electron chi connectivity index (χ1n) is 7.65. The molecule has 0 bridgehead atoms. The van der Waals surface area contributed by atoms with Crippen molar-refractivity contribution in [2.75, 3.05) is 0 Å². The van der Waals surface area contributed by atoms with Crippen LogP contribution in [0.1, 0.15) is 34.6 Å². The fourth-order valence-electron chi connectivity index (χ4n) is 2.13. The van der Waals surface area contributed by atoms with Gasteiger partial charge in [0.05, 0.1) is 16.0 Å². The number of alkyl halides is 1. The zero-order valence-electron chi connectivity index (χ0n) is 13.5. The molecule has 5 heteroatoms. The summed E-state index contributed by atoms with van der Waals surface area (Å²) in [4.78, 5) is 23.8. The van der Waals surface area contributed by atoms with E-state index in [0.717, 1.165) is 0 Å². The Balaban J connectivity index is 1.91. The van der Waals surface area contributed by atoms with Crippen LogP contribution >= 0.6 is 15.9 Å². The predicted molar refractivity (Wildman–Crippen MR) is 95.4 cm³/mol. The van der Waals surface area contributed by atoms with Crippen molar-refractivity contribution in [2.24, 2.45) is 0 Å². The minimum atomic E-state index is -0.462. The Hall–Kier alpha value is -2.14. The molecule has 0 saturated heterocycles. The number of esters is 2. The van der Waals surface area contributed by atoms with Gasteiger partial charge < -0.3 is 9.47 Å². The molecule has 0 aliphatic carbocycles. The molecular formula is C19H19BrO4. The first kappa shape index (κ1) is 18.2. The molecule has 0 heterocycles. The van der Waals surface area contributed by atoms with E-state index in [1.54, 1.807) is 62.4 Å². The zero-order valence-corrected chi connectivity index (χ0v) is 15.1. The van der Waals surface area contributed by atoms with E-state index >= 15 is 0 Å². The van der Waals surface area contributed by atoms with Gasteiger partial charge in [-0.1, -0.05) is 52.3 Å². The third-order valence-corrected chi connectivity index (χ3v) is 4.99. The molecule has 3 atom stereocenters. The number of hydrogen-bond acceptors (Lipinski definition) is 4. The fraction of sp³-hybridized carbons (Fsp3) is 0.263. The smallest absolute Gasteiger partial charge is 0.338 e. The van der Waals surface area contributed by atoms with E-state index in [1.807, 2.05) is 12.1 Å². The topological polar surface area (TPSA) is 52.6 Å². The van der Waals surface area contributed by atoms with Crippen LogP contribution in [0.5, 0.6) is 0 Å². The van der Waals surface area contributed by atoms with Gasteiger partial charge in [-0.3, -0.25) is 0 Å². The third-order valence-electron chi connectivity index (χ3n) is 3.50. The van der Waals surface area contributed by atoms with Gasteiger partial charge >= 0.3 is 11.9 Å². The Morgan fingerprint density at radius 3 is 1.42 bits per heavy atom. The van der Waals surface area contributed by atoms with Crippen LogP contribution in [0.3, 0.4) is 0 Å². The number of carbonyl (C=O) groups is 2. The van der Waals surface area contributed by atoms with E-state index in [1.165, 1.54) is 0 Å². The third kappa shape index (κ3) is 4.93. The van der Waals surface area contributed by atoms with Gasteiger partial charge in [0, 0.05) is 0 Å². The molecule has 0 spiro atoms. The van der Waals surface area contributed by atoms with Gasteiger partial charge in [-0.05, 0) is 38.1 Å². The summed E-state index contributed by atoms with van der Waals surface area (Å²) in [5.41, 5.74) is 0.968. The van der Waals surface area contributed by atoms with Crippen molar-refractivity contribution in [3.05, 3.63) is 71.8 Å². The molecule has 24 heavy (non-hydrogen) atoms. The fourth-order valence-corrected chi connectivity index (χ4v) is 2.35. The van der Waals surface area contributed by atoms with Crippen molar-refractivity contribution in [3.8, 4) is 0 Å². The van der Waals surface area contributed by atoms with Crippen LogP contribution in [0.2, 0.25) is 0 Å². The molecule has 0 saturated carbocycles. The summed E-state index contributed by atoms with van der Waals surface area (Å²) in [5, 5.41) is 0. The van der Waals surface area contributed by atoms with Gasteiger partial charge in [-0.2, -0.15) is 0 Å². The number of benzene rings is 2. The van der Waals surface area contributed by atoms with E-state index in [-0.39, 0.29) is 4.83 Å². The number of ether oxygens (including phenoxy) is 2. The van der Waals surface area contributed by atoms with E-state index in [4.69, 9.17) is 9.47 Å². The number of rotatable bonds is 6. The van der Waals surface area contributed by atoms with Gasteiger partial charge in [0.25, 0.3) is 0 Å². The molecule has 2 aromatic carbocycles. The van der Waals surface area contributed by atoms with Crippen LogP contribution in [0.15, 0.2) is 60.7 Å². The molecule has 0 fully saturated rings. The summed E-state index contributed by atoms with van der Waals surface area (Å²) in [6.07, 6.45) is -0.924. The van der Waals surface area contributed by atoms with Gasteiger partial charge in [0.15, 0.2) is 0 Å². The Labute approximate surface area is 149 Å². The Bertz CT molecular complexity index is 613. The van der Waals surface area contributed by atoms with Crippen molar-refractivity contribution >= 4 is 27.9 Å². The minimum absolute atomic E-state index is 0.321. The van der Waals surface area contributed by atoms with Crippen LogP contribution < -0.4 is 0 Å². The summed E-state index contributed by atoms with van der Waals surface area (Å²) < 4.78 is 10.9. The van der Waals surface area contributed by atoms with Crippen LogP contribution in [0, 0.1) is 0 Å². The monoisotopic (exact) mass is 390 g/mol. The molecule has 1 unspecified atom stereocenters. The lowest BCUT2D eigenvalue weighted by atomic mass is 10.1. The molecule has 126 valence electrons. The summed E-state index contributed by atoms with van der Waals surface area (Å²) in [6.45, 7) is 3.51. The summed E-state index contributed by atoms with van der Waals surface area (Å²) in [6, 6.07) is 17.5. The minimum Gasteiger partial charge on any atom is -0.458 e. The summed E-state index contributed by atoms with van der Waals surface area (Å²) in [5.74, 6) is -0.816. The molecule has 0 N–H and O–H groups in total. The first-order valence-corrected chi connectivity index (χ1v) is 8.56. The van der Waals surface area contributed by atoms with Crippen molar-refractivity contribution < 1.29 is 19.1 Å². The molecule has 4 nitrogen and oxygen atoms in total. The highest BCUT2D eigenvalue weighted by molar-refractivity contribution is 9.09. The highest BCUT2D eigenvalue weighted by Gasteiger charge is 2.27. The molecule has 0 radical (unpaired) electrons. The second-order valence-corrected chi connectivity index (χ2v) is 6.45. The first-order chi connectivity index (χ1) is 11.5. The molecule has 0 aliphatic heterocycles. The van der Waals surface area contributed by atoms with Crippen LogP contribution in [-0.4, -0.2) is 29.0 Å². The van der Waals surface area contributed by atoms with Crippen LogP contribution in [-0.2, 0) is 9.47 Å². The SMILES string of the molecule is C[C@H](OC(=O)c1ccccc1)C(Br)[C@@H](C)OC(=O)c1ccccc1. The van der Waals surface area contributed by atoms with E-state index in [0.29, 0.717) is 11.1 Å². The Kier molecular flexibility index (Phi) is 6.55. The molecular weight excluding hydrogens is 372 g/mol. The lowest BCUT2D eigenvalue weighted by Gasteiger charge is -2.24. The summed E-state index contributed by atoms with van der Waals surface area (Å²) in [7, 11) is 0. The predicted octanol–water partition coefficient (Wildman–Crippen LogP) is 4.24. The normalized spacial score (nSPS) is 14.3. The van der Waals surface area contributed by atoms with Gasteiger partial charge in [0.1, 0.15) is 12.2 Å². The maximum Gasteiger partial charge on any atom is 0.338 e. The average molecular weight is 391 g/mol. The Morgan fingerprint density at radius 1 is 0.750 bits per heavy atom. The van der Waals surface area contributed by atoms with Crippen LogP contribution in [0.25, 0.3) is 0 Å². The van der Waals surface area contributed by atoms with Crippen LogP contribution in [0.4, 0.5) is 0 Å². The van der Waals surface area contributed by atoms with E-state index < -0.39 is 24.1 Å². The second kappa shape index (κ2) is 8.64. The highest BCUT2D eigenvalue weighted by atomic mass is 79.9. The number of hydrogen-bond donors (Lipinski definition) is 0. The highest BCUT2D eigenvalue weighted by Crippen LogP contribution is 2.19. The van der Waals surface area contributed by atoms with Crippen molar-refractivity contribution in [3.63, 3.8) is 0 Å². The quantitative estimate of drug-likeness (QED) is 0.546. The molecule has 0 aliphatic rings. The number of halogens is 1. The van der Waals surface area contributed by atoms with Gasteiger partial charge in [-0.25, -0.2) is 9.59 Å². The molecule has 2 rings (SSSR count). The van der Waals surface area contributed by atoms with E-state index in [9.17, 15) is 9.59 Å². The van der Waals surface area contributed by atoms with Gasteiger partial charge in [0.2, 0.25) is 0 Å². The molecule has 0 amide bonds. The lowest BCUT2D eigenvalue weighted by Crippen LogP contribution is -2.35. The lowest BCUT2D eigenvalue weighted by molar-refractivity contribution is 0.0115.